The van der Waals surface area contributed by atoms with Crippen molar-refractivity contribution in [1.82, 2.24) is 29.7 Å². The number of hydrogen-bond acceptors (Lipinski definition) is 8. The number of nitrogens with two attached hydrogens (primary N) is 1. The molecule has 0 saturated carbocycles. The van der Waals surface area contributed by atoms with Crippen molar-refractivity contribution in [2.24, 2.45) is 12.9 Å². The SMILES string of the molecule is Cn1nccc1Nc1nccc(-c2ccnc(N(N)C(=O)Cc3cncc(Br)c3)c2)n1. The molecule has 0 radical (unpaired) electrons. The van der Waals surface area contributed by atoms with Gasteiger partial charge in [0.05, 0.1) is 18.3 Å². The molecular weight excluding hydrogens is 462 g/mol. The topological polar surface area (TPSA) is 128 Å². The van der Waals surface area contributed by atoms with Crippen LogP contribution in [0.1, 0.15) is 5.56 Å². The Morgan fingerprint density at radius 3 is 2.77 bits per heavy atom. The maximum absolute atomic E-state index is 12.6. The predicted molar refractivity (Wildman–Crippen MR) is 119 cm³/mol. The molecule has 11 heteroatoms. The van der Waals surface area contributed by atoms with Crippen LogP contribution in [0.15, 0.2) is 65.8 Å². The summed E-state index contributed by atoms with van der Waals surface area (Å²) >= 11 is 3.34. The number of nitrogens with one attached hydrogen (secondary N) is 1. The monoisotopic (exact) mass is 479 g/mol. The van der Waals surface area contributed by atoms with Crippen LogP contribution in [0.25, 0.3) is 11.3 Å². The molecule has 0 saturated heterocycles. The molecule has 0 unspecified atom stereocenters. The van der Waals surface area contributed by atoms with Crippen LogP contribution in [0.2, 0.25) is 0 Å². The second kappa shape index (κ2) is 8.98. The van der Waals surface area contributed by atoms with Crippen LogP contribution >= 0.6 is 15.9 Å². The van der Waals surface area contributed by atoms with Gasteiger partial charge in [0.25, 0.3) is 0 Å². The van der Waals surface area contributed by atoms with Gasteiger partial charge in [-0.25, -0.2) is 25.8 Å². The van der Waals surface area contributed by atoms with Gasteiger partial charge in [-0.1, -0.05) is 0 Å². The van der Waals surface area contributed by atoms with Crippen molar-refractivity contribution in [3.8, 4) is 11.3 Å². The van der Waals surface area contributed by atoms with Gasteiger partial charge in [-0.15, -0.1) is 0 Å². The Balaban J connectivity index is 1.53. The number of rotatable bonds is 6. The highest BCUT2D eigenvalue weighted by atomic mass is 79.9. The molecule has 4 rings (SSSR count). The van der Waals surface area contributed by atoms with E-state index >= 15 is 0 Å². The first-order chi connectivity index (χ1) is 15.0. The van der Waals surface area contributed by atoms with Crippen molar-refractivity contribution >= 4 is 39.4 Å². The van der Waals surface area contributed by atoms with Gasteiger partial charge in [0.15, 0.2) is 0 Å². The molecule has 0 spiro atoms. The molecule has 156 valence electrons. The summed E-state index contributed by atoms with van der Waals surface area (Å²) in [5.74, 6) is 7.22. The largest absolute Gasteiger partial charge is 0.309 e. The number of carbonyl (C=O) groups is 1. The highest BCUT2D eigenvalue weighted by Crippen LogP contribution is 2.22. The van der Waals surface area contributed by atoms with Gasteiger partial charge >= 0.3 is 0 Å². The van der Waals surface area contributed by atoms with Crippen molar-refractivity contribution in [2.75, 3.05) is 10.3 Å². The van der Waals surface area contributed by atoms with Crippen molar-refractivity contribution in [1.29, 1.82) is 0 Å². The smallest absolute Gasteiger partial charge is 0.246 e. The second-order valence-corrected chi connectivity index (χ2v) is 7.50. The number of pyridine rings is 2. The van der Waals surface area contributed by atoms with Crippen molar-refractivity contribution in [2.45, 2.75) is 6.42 Å². The van der Waals surface area contributed by atoms with Gasteiger partial charge in [-0.3, -0.25) is 14.5 Å². The molecule has 0 aliphatic carbocycles. The van der Waals surface area contributed by atoms with E-state index in [1.54, 1.807) is 53.9 Å². The molecule has 4 aromatic heterocycles. The van der Waals surface area contributed by atoms with E-state index in [1.807, 2.05) is 19.2 Å². The van der Waals surface area contributed by atoms with E-state index in [1.165, 1.54) is 0 Å². The Labute approximate surface area is 186 Å². The molecule has 4 heterocycles. The summed E-state index contributed by atoms with van der Waals surface area (Å²) in [4.78, 5) is 29.7. The van der Waals surface area contributed by atoms with Gasteiger partial charge in [0, 0.05) is 47.9 Å². The minimum Gasteiger partial charge on any atom is -0.309 e. The van der Waals surface area contributed by atoms with Gasteiger partial charge < -0.3 is 5.32 Å². The zero-order valence-electron chi connectivity index (χ0n) is 16.5. The third-order valence-corrected chi connectivity index (χ3v) is 4.82. The maximum Gasteiger partial charge on any atom is 0.246 e. The molecule has 31 heavy (non-hydrogen) atoms. The van der Waals surface area contributed by atoms with Crippen LogP contribution in [0.3, 0.4) is 0 Å². The van der Waals surface area contributed by atoms with Crippen LogP contribution in [0, 0.1) is 0 Å². The fourth-order valence-electron chi connectivity index (χ4n) is 2.84. The number of anilines is 3. The van der Waals surface area contributed by atoms with E-state index < -0.39 is 0 Å². The van der Waals surface area contributed by atoms with E-state index in [2.05, 4.69) is 46.3 Å². The third-order valence-electron chi connectivity index (χ3n) is 4.39. The average Bonchev–Trinajstić information content (AvgIpc) is 3.18. The Morgan fingerprint density at radius 2 is 2.00 bits per heavy atom. The van der Waals surface area contributed by atoms with Crippen LogP contribution in [0.5, 0.6) is 0 Å². The molecule has 0 bridgehead atoms. The number of amides is 1. The fraction of sp³-hybridized carbons (Fsp3) is 0.100. The van der Waals surface area contributed by atoms with Crippen LogP contribution in [0.4, 0.5) is 17.6 Å². The highest BCUT2D eigenvalue weighted by molar-refractivity contribution is 9.10. The molecule has 0 aliphatic heterocycles. The lowest BCUT2D eigenvalue weighted by Crippen LogP contribution is -2.39. The normalized spacial score (nSPS) is 10.7. The number of hydrogen-bond donors (Lipinski definition) is 2. The van der Waals surface area contributed by atoms with E-state index in [-0.39, 0.29) is 12.3 Å². The number of halogens is 1. The minimum atomic E-state index is -0.314. The van der Waals surface area contributed by atoms with Gasteiger partial charge in [0.1, 0.15) is 11.6 Å². The molecule has 0 aromatic carbocycles. The number of aromatic nitrogens is 6. The second-order valence-electron chi connectivity index (χ2n) is 6.59. The van der Waals surface area contributed by atoms with E-state index in [0.717, 1.165) is 26.4 Å². The van der Waals surface area contributed by atoms with Crippen LogP contribution in [-0.2, 0) is 18.3 Å². The number of nitrogens with zero attached hydrogens (tertiary/aromatic N) is 7. The van der Waals surface area contributed by atoms with Crippen LogP contribution in [-0.4, -0.2) is 35.6 Å². The molecule has 0 aliphatic rings. The Bertz CT molecular complexity index is 1230. The van der Waals surface area contributed by atoms with E-state index in [9.17, 15) is 4.79 Å². The molecular formula is C20H18BrN9O. The summed E-state index contributed by atoms with van der Waals surface area (Å²) in [6.45, 7) is 0. The summed E-state index contributed by atoms with van der Waals surface area (Å²) in [5.41, 5.74) is 2.14. The van der Waals surface area contributed by atoms with Crippen molar-refractivity contribution < 1.29 is 4.79 Å². The highest BCUT2D eigenvalue weighted by Gasteiger charge is 2.15. The first kappa shape index (κ1) is 20.6. The number of aryl methyl sites for hydroxylation is 1. The first-order valence-electron chi connectivity index (χ1n) is 9.21. The molecule has 10 nitrogen and oxygen atoms in total. The van der Waals surface area contributed by atoms with Gasteiger partial charge in [0.2, 0.25) is 11.9 Å². The summed E-state index contributed by atoms with van der Waals surface area (Å²) in [5, 5.41) is 8.25. The quantitative estimate of drug-likeness (QED) is 0.245. The standard InChI is InChI=1S/C20H18BrN9O/c1-29-17(4-7-26-29)28-20-25-6-3-16(27-20)14-2-5-24-18(10-14)30(22)19(31)9-13-8-15(21)12-23-11-13/h2-8,10-12H,9,22H2,1H3,(H,25,27,28). The van der Waals surface area contributed by atoms with E-state index in [4.69, 9.17) is 5.84 Å². The molecule has 4 aromatic rings. The minimum absolute atomic E-state index is 0.0983. The fourth-order valence-corrected chi connectivity index (χ4v) is 3.25. The Morgan fingerprint density at radius 1 is 1.16 bits per heavy atom. The lowest BCUT2D eigenvalue weighted by atomic mass is 10.1. The summed E-state index contributed by atoms with van der Waals surface area (Å²) in [6, 6.07) is 8.90. The summed E-state index contributed by atoms with van der Waals surface area (Å²) in [7, 11) is 1.82. The van der Waals surface area contributed by atoms with Gasteiger partial charge in [-0.05, 0) is 45.8 Å². The zero-order chi connectivity index (χ0) is 21.8. The lowest BCUT2D eigenvalue weighted by Gasteiger charge is -2.16. The molecule has 0 atom stereocenters. The maximum atomic E-state index is 12.6. The number of carbonyl (C=O) groups excluding carboxylic acids is 1. The first-order valence-corrected chi connectivity index (χ1v) is 10.0. The molecule has 1 amide bonds. The van der Waals surface area contributed by atoms with Crippen molar-refractivity contribution in [3.05, 3.63) is 71.4 Å². The summed E-state index contributed by atoms with van der Waals surface area (Å²) < 4.78 is 2.47. The number of hydrazine groups is 1. The van der Waals surface area contributed by atoms with Crippen molar-refractivity contribution in [3.63, 3.8) is 0 Å². The Kier molecular flexibility index (Phi) is 5.96. The van der Waals surface area contributed by atoms with E-state index in [0.29, 0.717) is 17.5 Å². The van der Waals surface area contributed by atoms with Crippen LogP contribution < -0.4 is 16.2 Å². The predicted octanol–water partition coefficient (Wildman–Crippen LogP) is 2.62. The Hall–Kier alpha value is -3.70. The summed E-state index contributed by atoms with van der Waals surface area (Å²) in [6.07, 6.45) is 8.28. The average molecular weight is 480 g/mol. The molecule has 3 N–H and O–H groups in total. The lowest BCUT2D eigenvalue weighted by molar-refractivity contribution is -0.118. The third kappa shape index (κ3) is 4.90. The zero-order valence-corrected chi connectivity index (χ0v) is 18.1. The molecule has 0 fully saturated rings. The van der Waals surface area contributed by atoms with Gasteiger partial charge in [-0.2, -0.15) is 5.10 Å².